The smallest absolute Gasteiger partial charge is 0.244 e. The first-order valence-electron chi connectivity index (χ1n) is 8.46. The van der Waals surface area contributed by atoms with Gasteiger partial charge >= 0.3 is 0 Å². The van der Waals surface area contributed by atoms with E-state index in [9.17, 15) is 14.4 Å². The van der Waals surface area contributed by atoms with Crippen LogP contribution in [0.3, 0.4) is 0 Å². The Hall–Kier alpha value is -2.90. The summed E-state index contributed by atoms with van der Waals surface area (Å²) >= 11 is 3.59. The van der Waals surface area contributed by atoms with Crippen molar-refractivity contribution in [3.8, 4) is 28.7 Å². The van der Waals surface area contributed by atoms with Crippen molar-refractivity contribution in [2.24, 2.45) is 0 Å². The van der Waals surface area contributed by atoms with Crippen molar-refractivity contribution in [1.82, 2.24) is 0 Å². The summed E-state index contributed by atoms with van der Waals surface area (Å²) < 4.78 is 17.2. The van der Waals surface area contributed by atoms with Gasteiger partial charge in [0.2, 0.25) is 11.1 Å². The molecule has 154 valence electrons. The number of hydrogen-bond donors (Lipinski definition) is 4. The Morgan fingerprint density at radius 1 is 0.759 bits per heavy atom. The van der Waals surface area contributed by atoms with Gasteiger partial charge < -0.3 is 24.6 Å². The highest BCUT2D eigenvalue weighted by atomic mass is 35.5. The number of hydrogen-bond acceptors (Lipinski definition) is 6. The van der Waals surface area contributed by atoms with Gasteiger partial charge in [0.05, 0.1) is 5.02 Å². The highest BCUT2D eigenvalue weighted by Gasteiger charge is 2.14. The largest absolute Gasteiger partial charge is 0.508 e. The number of benzene rings is 3. The first kappa shape index (κ1) is 22.4. The molecule has 0 spiro atoms. The molecular formula is C21H21ClO6S. The Labute approximate surface area is 176 Å². The second-order valence-corrected chi connectivity index (χ2v) is 7.81. The van der Waals surface area contributed by atoms with Gasteiger partial charge in [-0.05, 0) is 56.2 Å². The maximum Gasteiger partial charge on any atom is 0.244 e. The zero-order valence-electron chi connectivity index (χ0n) is 16.0. The molecule has 29 heavy (non-hydrogen) atoms. The molecule has 3 aromatic carbocycles. The summed E-state index contributed by atoms with van der Waals surface area (Å²) in [6.45, 7) is 5.26. The van der Waals surface area contributed by atoms with Crippen molar-refractivity contribution in [2.45, 2.75) is 25.7 Å². The molecule has 0 aliphatic carbocycles. The topological polar surface area (TPSA) is 107 Å². The molecule has 6 nitrogen and oxygen atoms in total. The minimum atomic E-state index is -1.88. The van der Waals surface area contributed by atoms with Crippen LogP contribution in [0, 0.1) is 20.8 Å². The van der Waals surface area contributed by atoms with Crippen LogP contribution in [-0.4, -0.2) is 24.6 Å². The monoisotopic (exact) mass is 436 g/mol. The Balaban J connectivity index is 0.000000253. The van der Waals surface area contributed by atoms with Gasteiger partial charge in [-0.25, -0.2) is 4.21 Å². The van der Waals surface area contributed by atoms with E-state index in [1.54, 1.807) is 26.0 Å². The fourth-order valence-electron chi connectivity index (χ4n) is 2.18. The van der Waals surface area contributed by atoms with E-state index in [0.29, 0.717) is 16.9 Å². The van der Waals surface area contributed by atoms with E-state index in [1.807, 2.05) is 19.1 Å². The van der Waals surface area contributed by atoms with Gasteiger partial charge in [-0.3, -0.25) is 0 Å². The van der Waals surface area contributed by atoms with Gasteiger partial charge in [0.1, 0.15) is 33.6 Å². The molecule has 0 bridgehead atoms. The molecule has 0 fully saturated rings. The van der Waals surface area contributed by atoms with Crippen molar-refractivity contribution in [3.05, 3.63) is 70.2 Å². The van der Waals surface area contributed by atoms with Gasteiger partial charge in [0, 0.05) is 12.1 Å². The summed E-state index contributed by atoms with van der Waals surface area (Å²) in [5.74, 6) is 0.331. The Morgan fingerprint density at radius 2 is 1.28 bits per heavy atom. The number of rotatable bonds is 3. The summed E-state index contributed by atoms with van der Waals surface area (Å²) in [6, 6.07) is 12.4. The quantitative estimate of drug-likeness (QED) is 0.436. The lowest BCUT2D eigenvalue weighted by atomic mass is 10.2. The van der Waals surface area contributed by atoms with Crippen LogP contribution in [0.15, 0.2) is 53.4 Å². The van der Waals surface area contributed by atoms with Gasteiger partial charge in [0.25, 0.3) is 0 Å². The first-order chi connectivity index (χ1) is 13.6. The minimum absolute atomic E-state index is 0.00281. The Morgan fingerprint density at radius 3 is 1.83 bits per heavy atom. The fourth-order valence-corrected chi connectivity index (χ4v) is 3.15. The predicted molar refractivity (Wildman–Crippen MR) is 112 cm³/mol. The van der Waals surface area contributed by atoms with Crippen LogP contribution < -0.4 is 4.18 Å². The molecule has 3 rings (SSSR count). The summed E-state index contributed by atoms with van der Waals surface area (Å²) in [5, 5.41) is 37.5. The van der Waals surface area contributed by atoms with Gasteiger partial charge in [0.15, 0.2) is 0 Å². The number of aryl methyl sites for hydroxylation is 3. The van der Waals surface area contributed by atoms with Gasteiger partial charge in [-0.1, -0.05) is 29.3 Å². The normalized spacial score (nSPS) is 11.3. The highest BCUT2D eigenvalue weighted by Crippen LogP contribution is 2.31. The molecule has 0 saturated heterocycles. The molecule has 1 atom stereocenters. The molecule has 1 unspecified atom stereocenters. The van der Waals surface area contributed by atoms with Gasteiger partial charge in [-0.15, -0.1) is 0 Å². The Bertz CT molecular complexity index is 984. The standard InChI is InChI=1S/C14H14O4S.C7H7ClO2/c1-9-3-5-11(6-4-9)18-19(17)14-8-12(15)10(2)7-13(14)16;1-4-2-7(10)5(8)3-6(4)9/h3-8,15-16H,1-2H3;2-3,9-10H,1H3. The van der Waals surface area contributed by atoms with Gasteiger partial charge in [-0.2, -0.15) is 0 Å². The zero-order chi connectivity index (χ0) is 21.7. The van der Waals surface area contributed by atoms with E-state index in [4.69, 9.17) is 26.0 Å². The van der Waals surface area contributed by atoms with E-state index < -0.39 is 11.1 Å². The zero-order valence-corrected chi connectivity index (χ0v) is 17.6. The van der Waals surface area contributed by atoms with Crippen molar-refractivity contribution in [1.29, 1.82) is 0 Å². The molecule has 0 radical (unpaired) electrons. The van der Waals surface area contributed by atoms with E-state index in [2.05, 4.69) is 0 Å². The van der Waals surface area contributed by atoms with Crippen molar-refractivity contribution >= 4 is 22.7 Å². The SMILES string of the molecule is Cc1cc(O)c(Cl)cc1O.Cc1ccc(OS(=O)c2cc(O)c(C)cc2O)cc1. The molecule has 0 saturated carbocycles. The van der Waals surface area contributed by atoms with Crippen molar-refractivity contribution in [2.75, 3.05) is 0 Å². The molecule has 0 heterocycles. The molecule has 0 amide bonds. The average molecular weight is 437 g/mol. The summed E-state index contributed by atoms with van der Waals surface area (Å²) in [7, 11) is 0. The Kier molecular flexibility index (Phi) is 7.36. The van der Waals surface area contributed by atoms with Crippen LogP contribution in [0.4, 0.5) is 0 Å². The third-order valence-corrected chi connectivity index (χ3v) is 5.25. The lowest BCUT2D eigenvalue weighted by Crippen LogP contribution is -2.01. The van der Waals surface area contributed by atoms with Crippen LogP contribution in [0.25, 0.3) is 0 Å². The molecule has 8 heteroatoms. The second-order valence-electron chi connectivity index (χ2n) is 6.33. The summed E-state index contributed by atoms with van der Waals surface area (Å²) in [6.07, 6.45) is 0. The maximum atomic E-state index is 12.0. The summed E-state index contributed by atoms with van der Waals surface area (Å²) in [5.41, 5.74) is 2.18. The number of phenols is 4. The van der Waals surface area contributed by atoms with Crippen molar-refractivity contribution < 1.29 is 28.8 Å². The maximum absolute atomic E-state index is 12.0. The van der Waals surface area contributed by atoms with Crippen LogP contribution in [0.1, 0.15) is 16.7 Å². The van der Waals surface area contributed by atoms with Crippen LogP contribution in [0.2, 0.25) is 5.02 Å². The predicted octanol–water partition coefficient (Wildman–Crippen LogP) is 4.88. The minimum Gasteiger partial charge on any atom is -0.508 e. The molecule has 3 aromatic rings. The number of halogens is 1. The third-order valence-electron chi connectivity index (χ3n) is 3.92. The van der Waals surface area contributed by atoms with E-state index in [1.165, 1.54) is 24.3 Å². The summed E-state index contributed by atoms with van der Waals surface area (Å²) in [4.78, 5) is 0.0451. The van der Waals surface area contributed by atoms with E-state index >= 15 is 0 Å². The van der Waals surface area contributed by atoms with Crippen LogP contribution >= 0.6 is 11.6 Å². The number of aromatic hydroxyl groups is 4. The number of phenolic OH excluding ortho intramolecular Hbond substituents is 4. The lowest BCUT2D eigenvalue weighted by Gasteiger charge is -2.08. The molecule has 4 N–H and O–H groups in total. The van der Waals surface area contributed by atoms with Crippen LogP contribution in [-0.2, 0) is 11.1 Å². The second kappa shape index (κ2) is 9.54. The lowest BCUT2D eigenvalue weighted by molar-refractivity contribution is 0.441. The third kappa shape index (κ3) is 6.04. The highest BCUT2D eigenvalue weighted by molar-refractivity contribution is 7.80. The molecular weight excluding hydrogens is 416 g/mol. The van der Waals surface area contributed by atoms with E-state index in [0.717, 1.165) is 5.56 Å². The average Bonchev–Trinajstić information content (AvgIpc) is 2.65. The molecule has 0 aliphatic heterocycles. The molecule has 0 aromatic heterocycles. The molecule has 0 aliphatic rings. The fraction of sp³-hybridized carbons (Fsp3) is 0.143. The van der Waals surface area contributed by atoms with E-state index in [-0.39, 0.29) is 32.9 Å². The van der Waals surface area contributed by atoms with Crippen molar-refractivity contribution in [3.63, 3.8) is 0 Å². The first-order valence-corrected chi connectivity index (χ1v) is 9.91. The van der Waals surface area contributed by atoms with Crippen LogP contribution in [0.5, 0.6) is 28.7 Å².